The number of nitrogens with zero attached hydrogens (tertiary/aromatic N) is 3. The lowest BCUT2D eigenvalue weighted by Crippen LogP contribution is -2.33. The van der Waals surface area contributed by atoms with Crippen LogP contribution in [0.3, 0.4) is 0 Å². The zero-order chi connectivity index (χ0) is 13.9. The number of carbonyl (C=O) groups is 1. The molecule has 0 fully saturated rings. The van der Waals surface area contributed by atoms with Gasteiger partial charge in [-0.05, 0) is 20.8 Å². The number of hydrogen-bond acceptors (Lipinski definition) is 4. The van der Waals surface area contributed by atoms with E-state index in [4.69, 9.17) is 10.7 Å². The maximum atomic E-state index is 11.9. The van der Waals surface area contributed by atoms with E-state index < -0.39 is 9.05 Å². The first-order chi connectivity index (χ1) is 8.29. The molecule has 1 heterocycles. The van der Waals surface area contributed by atoms with Gasteiger partial charge in [-0.1, -0.05) is 0 Å². The predicted octanol–water partition coefficient (Wildman–Crippen LogP) is 0.987. The number of aromatic nitrogens is 2. The summed E-state index contributed by atoms with van der Waals surface area (Å²) in [6, 6.07) is 0. The summed E-state index contributed by atoms with van der Waals surface area (Å²) < 4.78 is 23.7. The van der Waals surface area contributed by atoms with Crippen LogP contribution in [0.15, 0.2) is 11.2 Å². The maximum Gasteiger partial charge on any atom is 0.280 e. The van der Waals surface area contributed by atoms with E-state index >= 15 is 0 Å². The van der Waals surface area contributed by atoms with E-state index in [2.05, 4.69) is 4.98 Å². The molecule has 0 unspecified atom stereocenters. The SMILES string of the molecule is CCN(CC)C(=O)Cn1cc(S(=O)(=O)Cl)nc1C. The number of amides is 1. The van der Waals surface area contributed by atoms with Crippen molar-refractivity contribution in [2.75, 3.05) is 13.1 Å². The van der Waals surface area contributed by atoms with Crippen LogP contribution in [0.5, 0.6) is 0 Å². The van der Waals surface area contributed by atoms with Crippen LogP contribution in [0.1, 0.15) is 19.7 Å². The average Bonchev–Trinajstić information content (AvgIpc) is 2.62. The van der Waals surface area contributed by atoms with Crippen molar-refractivity contribution >= 4 is 25.6 Å². The molecule has 1 aromatic heterocycles. The third-order valence-electron chi connectivity index (χ3n) is 2.63. The number of hydrogen-bond donors (Lipinski definition) is 0. The van der Waals surface area contributed by atoms with Crippen LogP contribution in [-0.4, -0.2) is 41.9 Å². The van der Waals surface area contributed by atoms with Crippen molar-refractivity contribution in [1.29, 1.82) is 0 Å². The summed E-state index contributed by atoms with van der Waals surface area (Å²) in [6.07, 6.45) is 1.28. The largest absolute Gasteiger partial charge is 0.342 e. The summed E-state index contributed by atoms with van der Waals surface area (Å²) in [5.74, 6) is 0.355. The molecule has 6 nitrogen and oxygen atoms in total. The summed E-state index contributed by atoms with van der Waals surface area (Å²) in [7, 11) is 1.34. The van der Waals surface area contributed by atoms with Crippen molar-refractivity contribution in [3.05, 3.63) is 12.0 Å². The molecule has 1 rings (SSSR count). The van der Waals surface area contributed by atoms with Crippen molar-refractivity contribution < 1.29 is 13.2 Å². The highest BCUT2D eigenvalue weighted by atomic mass is 35.7. The lowest BCUT2D eigenvalue weighted by atomic mass is 10.4. The number of rotatable bonds is 5. The monoisotopic (exact) mass is 293 g/mol. The van der Waals surface area contributed by atoms with E-state index in [1.165, 1.54) is 10.8 Å². The van der Waals surface area contributed by atoms with Crippen molar-refractivity contribution in [1.82, 2.24) is 14.5 Å². The molecule has 0 saturated heterocycles. The van der Waals surface area contributed by atoms with E-state index in [0.717, 1.165) is 0 Å². The minimum Gasteiger partial charge on any atom is -0.342 e. The molecule has 0 atom stereocenters. The summed E-state index contributed by atoms with van der Waals surface area (Å²) in [4.78, 5) is 17.4. The van der Waals surface area contributed by atoms with Gasteiger partial charge in [-0.2, -0.15) is 0 Å². The predicted molar refractivity (Wildman–Crippen MR) is 67.9 cm³/mol. The Bertz CT molecular complexity index is 535. The molecule has 0 aliphatic heterocycles. The first kappa shape index (κ1) is 15.0. The van der Waals surface area contributed by atoms with Gasteiger partial charge in [0.2, 0.25) is 5.91 Å². The van der Waals surface area contributed by atoms with Gasteiger partial charge in [0.1, 0.15) is 12.4 Å². The molecule has 102 valence electrons. The lowest BCUT2D eigenvalue weighted by Gasteiger charge is -2.18. The fourth-order valence-corrected chi connectivity index (χ4v) is 2.30. The van der Waals surface area contributed by atoms with E-state index in [0.29, 0.717) is 18.9 Å². The van der Waals surface area contributed by atoms with Gasteiger partial charge in [-0.15, -0.1) is 0 Å². The molecule has 0 N–H and O–H groups in total. The van der Waals surface area contributed by atoms with E-state index in [9.17, 15) is 13.2 Å². The standard InChI is InChI=1S/C10H16ClN3O3S/c1-4-13(5-2)10(15)7-14-6-9(12-8(14)3)18(11,16)17/h6H,4-5,7H2,1-3H3. The zero-order valence-corrected chi connectivity index (χ0v) is 12.1. The summed E-state index contributed by atoms with van der Waals surface area (Å²) >= 11 is 0. The summed E-state index contributed by atoms with van der Waals surface area (Å²) in [5.41, 5.74) is 0. The molecule has 1 amide bonds. The average molecular weight is 294 g/mol. The Kier molecular flexibility index (Phi) is 4.75. The molecule has 0 saturated carbocycles. The number of imidazole rings is 1. The highest BCUT2D eigenvalue weighted by molar-refractivity contribution is 8.13. The van der Waals surface area contributed by atoms with Crippen molar-refractivity contribution in [3.63, 3.8) is 0 Å². The minimum absolute atomic E-state index is 0.0624. The number of likely N-dealkylation sites (N-methyl/N-ethyl adjacent to an activating group) is 1. The Morgan fingerprint density at radius 3 is 2.39 bits per heavy atom. The minimum atomic E-state index is -3.86. The van der Waals surface area contributed by atoms with Crippen LogP contribution in [0, 0.1) is 6.92 Å². The van der Waals surface area contributed by atoms with Gasteiger partial charge in [-0.25, -0.2) is 13.4 Å². The maximum absolute atomic E-state index is 11.9. The Morgan fingerprint density at radius 2 is 2.00 bits per heavy atom. The molecule has 18 heavy (non-hydrogen) atoms. The topological polar surface area (TPSA) is 72.3 Å². The fraction of sp³-hybridized carbons (Fsp3) is 0.600. The molecular weight excluding hydrogens is 278 g/mol. The van der Waals surface area contributed by atoms with E-state index in [1.807, 2.05) is 13.8 Å². The van der Waals surface area contributed by atoms with Gasteiger partial charge in [0.15, 0.2) is 5.03 Å². The Labute approximate surface area is 111 Å². The molecule has 0 aliphatic carbocycles. The second-order valence-electron chi connectivity index (χ2n) is 3.76. The summed E-state index contributed by atoms with van der Waals surface area (Å²) in [5, 5.41) is -0.228. The smallest absolute Gasteiger partial charge is 0.280 e. The molecule has 1 aromatic rings. The van der Waals surface area contributed by atoms with Crippen LogP contribution in [0.4, 0.5) is 0 Å². The highest BCUT2D eigenvalue weighted by Crippen LogP contribution is 2.14. The zero-order valence-electron chi connectivity index (χ0n) is 10.6. The first-order valence-corrected chi connectivity index (χ1v) is 7.86. The van der Waals surface area contributed by atoms with Gasteiger partial charge >= 0.3 is 0 Å². The Balaban J connectivity index is 2.93. The second-order valence-corrected chi connectivity index (χ2v) is 6.27. The van der Waals surface area contributed by atoms with Crippen molar-refractivity contribution in [2.24, 2.45) is 0 Å². The third kappa shape index (κ3) is 3.46. The molecular formula is C10H16ClN3O3S. The van der Waals surface area contributed by atoms with Crippen LogP contribution in [0.2, 0.25) is 0 Å². The van der Waals surface area contributed by atoms with Crippen LogP contribution >= 0.6 is 10.7 Å². The number of carbonyl (C=O) groups excluding carboxylic acids is 1. The third-order valence-corrected chi connectivity index (χ3v) is 3.80. The van der Waals surface area contributed by atoms with Gasteiger partial charge in [0.05, 0.1) is 0 Å². The Morgan fingerprint density at radius 1 is 1.44 bits per heavy atom. The molecule has 0 aliphatic rings. The van der Waals surface area contributed by atoms with Crippen LogP contribution in [-0.2, 0) is 20.4 Å². The van der Waals surface area contributed by atoms with E-state index in [-0.39, 0.29) is 17.5 Å². The molecule has 0 spiro atoms. The fourth-order valence-electron chi connectivity index (χ4n) is 1.58. The first-order valence-electron chi connectivity index (χ1n) is 5.55. The van der Waals surface area contributed by atoms with Crippen molar-refractivity contribution in [3.8, 4) is 0 Å². The Hall–Kier alpha value is -1.08. The molecule has 0 radical (unpaired) electrons. The van der Waals surface area contributed by atoms with Crippen molar-refractivity contribution in [2.45, 2.75) is 32.3 Å². The molecule has 0 bridgehead atoms. The van der Waals surface area contributed by atoms with E-state index in [1.54, 1.807) is 11.8 Å². The lowest BCUT2D eigenvalue weighted by molar-refractivity contribution is -0.131. The highest BCUT2D eigenvalue weighted by Gasteiger charge is 2.18. The number of aryl methyl sites for hydroxylation is 1. The van der Waals surface area contributed by atoms with Gasteiger partial charge in [0, 0.05) is 30.0 Å². The molecule has 0 aromatic carbocycles. The normalized spacial score (nSPS) is 11.6. The van der Waals surface area contributed by atoms with Crippen LogP contribution < -0.4 is 0 Å². The van der Waals surface area contributed by atoms with Gasteiger partial charge in [0.25, 0.3) is 9.05 Å². The quantitative estimate of drug-likeness (QED) is 0.759. The molecule has 8 heteroatoms. The summed E-state index contributed by atoms with van der Waals surface area (Å²) in [6.45, 7) is 6.69. The second kappa shape index (κ2) is 5.71. The van der Waals surface area contributed by atoms with Gasteiger partial charge < -0.3 is 9.47 Å². The number of halogens is 1. The van der Waals surface area contributed by atoms with Crippen LogP contribution in [0.25, 0.3) is 0 Å². The van der Waals surface area contributed by atoms with Gasteiger partial charge in [-0.3, -0.25) is 4.79 Å².